The molecule has 1 aromatic rings. The fourth-order valence-corrected chi connectivity index (χ4v) is 1.77. The van der Waals surface area contributed by atoms with Gasteiger partial charge in [-0.05, 0) is 49.7 Å². The maximum atomic E-state index is 13.4. The molecule has 0 aliphatic carbocycles. The first-order chi connectivity index (χ1) is 8.38. The van der Waals surface area contributed by atoms with Crippen molar-refractivity contribution < 1.29 is 4.39 Å². The molecule has 0 heterocycles. The van der Waals surface area contributed by atoms with Gasteiger partial charge in [0.1, 0.15) is 11.7 Å². The van der Waals surface area contributed by atoms with E-state index in [0.29, 0.717) is 18.0 Å². The first kappa shape index (κ1) is 14.6. The van der Waals surface area contributed by atoms with E-state index in [1.807, 2.05) is 7.05 Å². The molecule has 0 aliphatic rings. The van der Waals surface area contributed by atoms with Crippen LogP contribution in [0.3, 0.4) is 0 Å². The van der Waals surface area contributed by atoms with E-state index in [9.17, 15) is 4.39 Å². The third kappa shape index (κ3) is 4.84. The molecule has 0 aliphatic heterocycles. The van der Waals surface area contributed by atoms with E-state index in [1.54, 1.807) is 6.07 Å². The highest BCUT2D eigenvalue weighted by atomic mass is 19.1. The number of nitrogens with zero attached hydrogens (tertiary/aromatic N) is 1. The van der Waals surface area contributed by atoms with Crippen molar-refractivity contribution in [1.29, 1.82) is 5.41 Å². The summed E-state index contributed by atoms with van der Waals surface area (Å²) in [5.74, 6) is 0.225. The molecule has 0 aromatic heterocycles. The topological polar surface area (TPSA) is 53.1 Å². The maximum absolute atomic E-state index is 13.4. The molecule has 0 amide bonds. The molecule has 1 rings (SSSR count). The molecule has 1 aromatic carbocycles. The Labute approximate surface area is 108 Å². The zero-order chi connectivity index (χ0) is 13.7. The first-order valence-electron chi connectivity index (χ1n) is 6.21. The molecule has 18 heavy (non-hydrogen) atoms. The second-order valence-corrected chi connectivity index (χ2v) is 5.18. The van der Waals surface area contributed by atoms with Crippen LogP contribution in [0.2, 0.25) is 0 Å². The van der Waals surface area contributed by atoms with E-state index in [2.05, 4.69) is 18.7 Å². The zero-order valence-corrected chi connectivity index (χ0v) is 11.3. The van der Waals surface area contributed by atoms with Gasteiger partial charge in [-0.3, -0.25) is 5.41 Å². The smallest absolute Gasteiger partial charge is 0.124 e. The van der Waals surface area contributed by atoms with Crippen molar-refractivity contribution in [3.8, 4) is 0 Å². The lowest BCUT2D eigenvalue weighted by molar-refractivity contribution is 0.303. The van der Waals surface area contributed by atoms with Gasteiger partial charge in [0.25, 0.3) is 0 Å². The molecule has 0 saturated carbocycles. The van der Waals surface area contributed by atoms with Crippen LogP contribution in [0.25, 0.3) is 0 Å². The molecule has 0 atom stereocenters. The average Bonchev–Trinajstić information content (AvgIpc) is 2.25. The monoisotopic (exact) mass is 251 g/mol. The van der Waals surface area contributed by atoms with Crippen LogP contribution in [0, 0.1) is 17.1 Å². The second kappa shape index (κ2) is 6.50. The quantitative estimate of drug-likeness (QED) is 0.603. The van der Waals surface area contributed by atoms with Gasteiger partial charge in [-0.15, -0.1) is 0 Å². The Hall–Kier alpha value is -1.42. The van der Waals surface area contributed by atoms with Crippen LogP contribution >= 0.6 is 0 Å². The lowest BCUT2D eigenvalue weighted by Crippen LogP contribution is -2.21. The summed E-state index contributed by atoms with van der Waals surface area (Å²) >= 11 is 0. The Morgan fingerprint density at radius 1 is 1.39 bits per heavy atom. The molecular weight excluding hydrogens is 229 g/mol. The summed E-state index contributed by atoms with van der Waals surface area (Å²) < 4.78 is 13.4. The Morgan fingerprint density at radius 2 is 2.06 bits per heavy atom. The molecule has 0 fully saturated rings. The van der Waals surface area contributed by atoms with Gasteiger partial charge < -0.3 is 10.6 Å². The number of rotatable bonds is 6. The van der Waals surface area contributed by atoms with Crippen molar-refractivity contribution in [1.82, 2.24) is 4.90 Å². The van der Waals surface area contributed by atoms with Crippen LogP contribution in [0.5, 0.6) is 0 Å². The van der Waals surface area contributed by atoms with Crippen LogP contribution < -0.4 is 5.73 Å². The standard InChI is InChI=1S/C14H22FN3/c1-10(2)4-5-18(3)9-11-6-12(14(16)17)8-13(15)7-11/h6-8,10H,4-5,9H2,1-3H3,(H3,16,17). The van der Waals surface area contributed by atoms with Crippen LogP contribution in [-0.2, 0) is 6.54 Å². The van der Waals surface area contributed by atoms with Gasteiger partial charge in [0, 0.05) is 12.1 Å². The number of hydrogen-bond donors (Lipinski definition) is 2. The van der Waals surface area contributed by atoms with Crippen molar-refractivity contribution in [2.45, 2.75) is 26.8 Å². The molecule has 0 bridgehead atoms. The summed E-state index contributed by atoms with van der Waals surface area (Å²) in [5, 5.41) is 7.35. The minimum absolute atomic E-state index is 0.0967. The summed E-state index contributed by atoms with van der Waals surface area (Å²) in [7, 11) is 2.01. The van der Waals surface area contributed by atoms with Crippen molar-refractivity contribution in [3.05, 3.63) is 35.1 Å². The van der Waals surface area contributed by atoms with E-state index in [1.165, 1.54) is 12.1 Å². The average molecular weight is 251 g/mol. The molecule has 3 nitrogen and oxygen atoms in total. The van der Waals surface area contributed by atoms with Gasteiger partial charge in [0.15, 0.2) is 0 Å². The molecule has 0 radical (unpaired) electrons. The summed E-state index contributed by atoms with van der Waals surface area (Å²) in [6.45, 7) is 6.02. The van der Waals surface area contributed by atoms with E-state index < -0.39 is 0 Å². The van der Waals surface area contributed by atoms with Gasteiger partial charge in [0.05, 0.1) is 0 Å². The van der Waals surface area contributed by atoms with Crippen molar-refractivity contribution in [2.75, 3.05) is 13.6 Å². The molecule has 4 heteroatoms. The van der Waals surface area contributed by atoms with Crippen LogP contribution in [0.1, 0.15) is 31.4 Å². The third-order valence-corrected chi connectivity index (χ3v) is 2.81. The second-order valence-electron chi connectivity index (χ2n) is 5.18. The molecular formula is C14H22FN3. The highest BCUT2D eigenvalue weighted by Crippen LogP contribution is 2.11. The Bertz CT molecular complexity index is 416. The van der Waals surface area contributed by atoms with Crippen molar-refractivity contribution in [3.63, 3.8) is 0 Å². The van der Waals surface area contributed by atoms with Crippen LogP contribution in [0.15, 0.2) is 18.2 Å². The normalized spacial score (nSPS) is 11.2. The van der Waals surface area contributed by atoms with E-state index in [4.69, 9.17) is 11.1 Å². The van der Waals surface area contributed by atoms with Gasteiger partial charge in [-0.2, -0.15) is 0 Å². The maximum Gasteiger partial charge on any atom is 0.124 e. The van der Waals surface area contributed by atoms with Crippen molar-refractivity contribution in [2.24, 2.45) is 11.7 Å². The number of hydrogen-bond acceptors (Lipinski definition) is 2. The predicted octanol–water partition coefficient (Wildman–Crippen LogP) is 2.59. The minimum Gasteiger partial charge on any atom is -0.384 e. The third-order valence-electron chi connectivity index (χ3n) is 2.81. The van der Waals surface area contributed by atoms with E-state index in [-0.39, 0.29) is 11.7 Å². The highest BCUT2D eigenvalue weighted by molar-refractivity contribution is 5.95. The number of amidine groups is 1. The largest absolute Gasteiger partial charge is 0.384 e. The van der Waals surface area contributed by atoms with Gasteiger partial charge in [0.2, 0.25) is 0 Å². The Kier molecular flexibility index (Phi) is 5.28. The summed E-state index contributed by atoms with van der Waals surface area (Å²) in [5.41, 5.74) is 6.68. The fourth-order valence-electron chi connectivity index (χ4n) is 1.77. The number of benzene rings is 1. The number of nitrogen functional groups attached to an aromatic ring is 1. The molecule has 3 N–H and O–H groups in total. The summed E-state index contributed by atoms with van der Waals surface area (Å²) in [6, 6.07) is 4.57. The fraction of sp³-hybridized carbons (Fsp3) is 0.500. The minimum atomic E-state index is -0.338. The molecule has 0 unspecified atom stereocenters. The van der Waals surface area contributed by atoms with Crippen LogP contribution in [-0.4, -0.2) is 24.3 Å². The predicted molar refractivity (Wildman–Crippen MR) is 73.2 cm³/mol. The highest BCUT2D eigenvalue weighted by Gasteiger charge is 2.06. The molecule has 0 spiro atoms. The summed E-state index contributed by atoms with van der Waals surface area (Å²) in [6.07, 6.45) is 1.12. The van der Waals surface area contributed by atoms with Gasteiger partial charge in [-0.1, -0.05) is 13.8 Å². The SMILES string of the molecule is CC(C)CCN(C)Cc1cc(F)cc(C(=N)N)c1. The number of nitrogens with two attached hydrogens (primary N) is 1. The number of halogens is 1. The van der Waals surface area contributed by atoms with Gasteiger partial charge >= 0.3 is 0 Å². The lowest BCUT2D eigenvalue weighted by Gasteiger charge is -2.18. The van der Waals surface area contributed by atoms with Crippen molar-refractivity contribution >= 4 is 5.84 Å². The summed E-state index contributed by atoms with van der Waals surface area (Å²) in [4.78, 5) is 2.15. The van der Waals surface area contributed by atoms with E-state index in [0.717, 1.165) is 18.5 Å². The van der Waals surface area contributed by atoms with Gasteiger partial charge in [-0.25, -0.2) is 4.39 Å². The molecule has 100 valence electrons. The zero-order valence-electron chi connectivity index (χ0n) is 11.3. The number of nitrogens with one attached hydrogen (secondary N) is 1. The van der Waals surface area contributed by atoms with Crippen LogP contribution in [0.4, 0.5) is 4.39 Å². The Balaban J connectivity index is 2.69. The molecule has 0 saturated heterocycles. The van der Waals surface area contributed by atoms with E-state index >= 15 is 0 Å². The lowest BCUT2D eigenvalue weighted by atomic mass is 10.1. The Morgan fingerprint density at radius 3 is 2.61 bits per heavy atom. The first-order valence-corrected chi connectivity index (χ1v) is 6.21.